The summed E-state index contributed by atoms with van der Waals surface area (Å²) < 4.78 is 5.93. The van der Waals surface area contributed by atoms with Crippen molar-refractivity contribution >= 4 is 22.5 Å². The minimum Gasteiger partial charge on any atom is -0.455 e. The summed E-state index contributed by atoms with van der Waals surface area (Å²) in [5.74, 6) is 1.79. The molecule has 0 atom stereocenters. The third-order valence-electron chi connectivity index (χ3n) is 2.82. The van der Waals surface area contributed by atoms with E-state index in [-0.39, 0.29) is 0 Å². The number of pyridine rings is 2. The van der Waals surface area contributed by atoms with Crippen molar-refractivity contribution in [2.24, 2.45) is 0 Å². The second-order valence-electron chi connectivity index (χ2n) is 4.05. The molecule has 0 fully saturated rings. The maximum absolute atomic E-state index is 5.93. The third kappa shape index (κ3) is 2.37. The largest absolute Gasteiger partial charge is 0.455 e. The molecule has 2 heterocycles. The quantitative estimate of drug-likeness (QED) is 0.670. The highest BCUT2D eigenvalue weighted by Gasteiger charge is 2.07. The number of hydrogen-bond acceptors (Lipinski definition) is 3. The van der Waals surface area contributed by atoms with E-state index < -0.39 is 0 Å². The molecule has 0 aliphatic rings. The number of ether oxygens (including phenoxy) is 1. The first kappa shape index (κ1) is 11.9. The molecule has 4 heteroatoms. The second-order valence-corrected chi connectivity index (χ2v) is 4.32. The Morgan fingerprint density at radius 1 is 1.00 bits per heavy atom. The number of aromatic nitrogens is 2. The van der Waals surface area contributed by atoms with E-state index in [2.05, 4.69) is 9.97 Å². The molecular weight excluding hydrogens is 260 g/mol. The van der Waals surface area contributed by atoms with Crippen molar-refractivity contribution in [3.63, 3.8) is 0 Å². The molecule has 3 aromatic rings. The Kier molecular flexibility index (Phi) is 3.29. The lowest BCUT2D eigenvalue weighted by molar-refractivity contribution is 0.482. The molecule has 0 aliphatic heterocycles. The summed E-state index contributed by atoms with van der Waals surface area (Å²) in [6.45, 7) is 0. The van der Waals surface area contributed by atoms with Crippen molar-refractivity contribution in [1.82, 2.24) is 9.97 Å². The van der Waals surface area contributed by atoms with E-state index in [9.17, 15) is 0 Å². The molecule has 0 aliphatic carbocycles. The fourth-order valence-corrected chi connectivity index (χ4v) is 2.09. The van der Waals surface area contributed by atoms with Crippen molar-refractivity contribution in [2.45, 2.75) is 5.88 Å². The smallest absolute Gasteiger partial charge is 0.153 e. The van der Waals surface area contributed by atoms with Crippen LogP contribution in [-0.4, -0.2) is 9.97 Å². The van der Waals surface area contributed by atoms with Crippen LogP contribution in [0, 0.1) is 0 Å². The maximum atomic E-state index is 5.93. The molecular formula is C15H11ClN2O. The molecule has 94 valence electrons. The van der Waals surface area contributed by atoms with Gasteiger partial charge in [-0.2, -0.15) is 0 Å². The molecule has 0 bridgehead atoms. The van der Waals surface area contributed by atoms with E-state index in [0.29, 0.717) is 11.6 Å². The Morgan fingerprint density at radius 3 is 2.79 bits per heavy atom. The topological polar surface area (TPSA) is 35.0 Å². The molecule has 2 aromatic heterocycles. The van der Waals surface area contributed by atoms with Gasteiger partial charge in [-0.15, -0.1) is 11.6 Å². The van der Waals surface area contributed by atoms with Gasteiger partial charge in [-0.1, -0.05) is 18.2 Å². The van der Waals surface area contributed by atoms with Crippen LogP contribution in [0.5, 0.6) is 11.5 Å². The summed E-state index contributed by atoms with van der Waals surface area (Å²) in [6.07, 6.45) is 5.15. The van der Waals surface area contributed by atoms with Crippen LogP contribution in [0.15, 0.2) is 55.0 Å². The van der Waals surface area contributed by atoms with Crippen LogP contribution in [0.2, 0.25) is 0 Å². The first-order valence-electron chi connectivity index (χ1n) is 5.89. The average molecular weight is 271 g/mol. The Morgan fingerprint density at radius 2 is 1.89 bits per heavy atom. The molecule has 0 amide bonds. The van der Waals surface area contributed by atoms with Crippen LogP contribution in [0.25, 0.3) is 10.9 Å². The van der Waals surface area contributed by atoms with E-state index in [1.54, 1.807) is 24.7 Å². The zero-order chi connectivity index (χ0) is 13.1. The highest BCUT2D eigenvalue weighted by Crippen LogP contribution is 2.30. The molecule has 3 rings (SSSR count). The first-order chi connectivity index (χ1) is 9.38. The zero-order valence-electron chi connectivity index (χ0n) is 10.1. The Balaban J connectivity index is 2.06. The Bertz CT molecular complexity index is 710. The van der Waals surface area contributed by atoms with Crippen LogP contribution < -0.4 is 4.74 Å². The highest BCUT2D eigenvalue weighted by molar-refractivity contribution is 6.17. The van der Waals surface area contributed by atoms with Gasteiger partial charge in [0, 0.05) is 29.5 Å². The summed E-state index contributed by atoms with van der Waals surface area (Å²) in [5.41, 5.74) is 1.69. The van der Waals surface area contributed by atoms with Crippen LogP contribution in [0.1, 0.15) is 5.56 Å². The van der Waals surface area contributed by atoms with Gasteiger partial charge in [0.25, 0.3) is 0 Å². The van der Waals surface area contributed by atoms with Gasteiger partial charge < -0.3 is 4.74 Å². The van der Waals surface area contributed by atoms with Gasteiger partial charge >= 0.3 is 0 Å². The van der Waals surface area contributed by atoms with E-state index in [1.807, 2.05) is 30.3 Å². The van der Waals surface area contributed by atoms with Gasteiger partial charge in [0.2, 0.25) is 0 Å². The first-order valence-corrected chi connectivity index (χ1v) is 6.42. The van der Waals surface area contributed by atoms with Crippen molar-refractivity contribution in [1.29, 1.82) is 0 Å². The van der Waals surface area contributed by atoms with Crippen LogP contribution in [0.4, 0.5) is 0 Å². The average Bonchev–Trinajstić information content (AvgIpc) is 2.48. The molecule has 3 nitrogen and oxygen atoms in total. The van der Waals surface area contributed by atoms with Gasteiger partial charge in [-0.3, -0.25) is 9.97 Å². The molecule has 0 saturated heterocycles. The fraction of sp³-hybridized carbons (Fsp3) is 0.0667. The number of nitrogens with zero attached hydrogens (tertiary/aromatic N) is 2. The number of fused-ring (bicyclic) bond motifs is 1. The molecule has 0 radical (unpaired) electrons. The number of alkyl halides is 1. The van der Waals surface area contributed by atoms with Crippen molar-refractivity contribution < 1.29 is 4.74 Å². The van der Waals surface area contributed by atoms with Crippen LogP contribution >= 0.6 is 11.6 Å². The van der Waals surface area contributed by atoms with Crippen molar-refractivity contribution in [3.05, 3.63) is 60.6 Å². The lowest BCUT2D eigenvalue weighted by Crippen LogP contribution is -1.92. The summed E-state index contributed by atoms with van der Waals surface area (Å²) in [5, 5.41) is 1.04. The van der Waals surface area contributed by atoms with Crippen LogP contribution in [0.3, 0.4) is 0 Å². The van der Waals surface area contributed by atoms with Crippen molar-refractivity contribution in [3.8, 4) is 11.5 Å². The van der Waals surface area contributed by atoms with Crippen molar-refractivity contribution in [2.75, 3.05) is 0 Å². The number of hydrogen-bond donors (Lipinski definition) is 0. The normalized spacial score (nSPS) is 10.6. The monoisotopic (exact) mass is 270 g/mol. The summed E-state index contributed by atoms with van der Waals surface area (Å²) in [4.78, 5) is 8.40. The maximum Gasteiger partial charge on any atom is 0.153 e. The van der Waals surface area contributed by atoms with Gasteiger partial charge in [-0.25, -0.2) is 0 Å². The second kappa shape index (κ2) is 5.24. The van der Waals surface area contributed by atoms with Crippen LogP contribution in [-0.2, 0) is 5.88 Å². The van der Waals surface area contributed by atoms with Gasteiger partial charge in [-0.05, 0) is 18.2 Å². The zero-order valence-corrected chi connectivity index (χ0v) is 10.8. The molecule has 0 N–H and O–H groups in total. The van der Waals surface area contributed by atoms with E-state index in [4.69, 9.17) is 16.3 Å². The molecule has 19 heavy (non-hydrogen) atoms. The summed E-state index contributed by atoms with van der Waals surface area (Å²) in [6, 6.07) is 11.6. The lowest BCUT2D eigenvalue weighted by atomic mass is 10.2. The van der Waals surface area contributed by atoms with Gasteiger partial charge in [0.15, 0.2) is 5.75 Å². The number of benzene rings is 1. The molecule has 0 spiro atoms. The minimum atomic E-state index is 0.362. The number of halogens is 1. The third-order valence-corrected chi connectivity index (χ3v) is 3.11. The van der Waals surface area contributed by atoms with E-state index in [0.717, 1.165) is 22.2 Å². The number of para-hydroxylation sites is 1. The minimum absolute atomic E-state index is 0.362. The standard InChI is InChI=1S/C15H11ClN2O/c16-9-12-10-17-8-6-13(12)19-14-5-1-3-11-4-2-7-18-15(11)14/h1-8,10H,9H2. The Labute approximate surface area is 115 Å². The summed E-state index contributed by atoms with van der Waals surface area (Å²) >= 11 is 5.88. The Hall–Kier alpha value is -2.13. The van der Waals surface area contributed by atoms with E-state index in [1.165, 1.54) is 0 Å². The molecule has 0 saturated carbocycles. The highest BCUT2D eigenvalue weighted by atomic mass is 35.5. The van der Waals surface area contributed by atoms with Gasteiger partial charge in [0.05, 0.1) is 5.88 Å². The SMILES string of the molecule is ClCc1cnccc1Oc1cccc2cccnc12. The predicted octanol–water partition coefficient (Wildman–Crippen LogP) is 4.16. The molecule has 0 unspecified atom stereocenters. The molecule has 1 aromatic carbocycles. The fourth-order valence-electron chi connectivity index (χ4n) is 1.89. The number of rotatable bonds is 3. The lowest BCUT2D eigenvalue weighted by Gasteiger charge is -2.10. The van der Waals surface area contributed by atoms with E-state index >= 15 is 0 Å². The van der Waals surface area contributed by atoms with Gasteiger partial charge in [0.1, 0.15) is 11.3 Å². The summed E-state index contributed by atoms with van der Waals surface area (Å²) in [7, 11) is 0. The predicted molar refractivity (Wildman–Crippen MR) is 75.6 cm³/mol.